The van der Waals surface area contributed by atoms with E-state index in [0.717, 1.165) is 12.3 Å². The summed E-state index contributed by atoms with van der Waals surface area (Å²) in [5, 5.41) is 1.18. The van der Waals surface area contributed by atoms with Gasteiger partial charge in [-0.15, -0.1) is 29.7 Å². The summed E-state index contributed by atoms with van der Waals surface area (Å²) in [5.41, 5.74) is -16.4. The van der Waals surface area contributed by atoms with Crippen LogP contribution in [0.25, 0.3) is 94.5 Å². The summed E-state index contributed by atoms with van der Waals surface area (Å²) in [4.78, 5) is 4.65. The Morgan fingerprint density at radius 1 is 0.625 bits per heavy atom. The molecule has 0 N–H and O–H groups in total. The maximum Gasteiger partial charge on any atom is 0.268 e. The molecule has 0 saturated heterocycles. The molecule has 0 atom stereocenters. The van der Waals surface area contributed by atoms with Crippen molar-refractivity contribution in [3.63, 3.8) is 0 Å². The van der Waals surface area contributed by atoms with Crippen LogP contribution in [0.15, 0.2) is 200 Å². The monoisotopic (exact) mass is 1250 g/mol. The fourth-order valence-electron chi connectivity index (χ4n) is 9.93. The van der Waals surface area contributed by atoms with Crippen molar-refractivity contribution in [1.82, 2.24) is 14.1 Å². The molecule has 6 heteroatoms. The van der Waals surface area contributed by atoms with Crippen molar-refractivity contribution in [2.75, 3.05) is 0 Å². The number of fused-ring (bicyclic) bond motifs is 5. The first kappa shape index (κ1) is 26.0. The molecule has 12 aromatic rings. The minimum absolute atomic E-state index is 0. The Balaban J connectivity index is 0.0000122. The predicted molar refractivity (Wildman–Crippen MR) is 325 cm³/mol. The molecule has 0 unspecified atom stereocenters. The molecule has 3 heterocycles. The van der Waals surface area contributed by atoms with Crippen LogP contribution in [-0.4, -0.2) is 14.1 Å². The number of nitrogens with zero attached hydrogens (tertiary/aromatic N) is 4. The zero-order valence-electron chi connectivity index (χ0n) is 77.6. The number of rotatable bonds is 9. The maximum absolute atomic E-state index is 10.5. The number of benzene rings is 9. The molecule has 13 rings (SSSR count). The van der Waals surface area contributed by atoms with Gasteiger partial charge in [0.2, 0.25) is 0 Å². The largest absolute Gasteiger partial charge is 0.510 e. The average molecular weight is 1260 g/mol. The van der Waals surface area contributed by atoms with E-state index in [4.69, 9.17) is 43.1 Å². The van der Waals surface area contributed by atoms with Crippen molar-refractivity contribution in [3.8, 4) is 73.2 Å². The van der Waals surface area contributed by atoms with Crippen molar-refractivity contribution in [1.29, 1.82) is 0 Å². The predicted octanol–water partition coefficient (Wildman–Crippen LogP) is 18.5. The van der Waals surface area contributed by atoms with Crippen LogP contribution in [0.1, 0.15) is 137 Å². The Morgan fingerprint density at radius 2 is 1.36 bits per heavy atom. The third-order valence-corrected chi connectivity index (χ3v) is 13.7. The Kier molecular flexibility index (Phi) is 6.57. The third-order valence-electron chi connectivity index (χ3n) is 13.7. The van der Waals surface area contributed by atoms with Crippen LogP contribution in [0.4, 0.5) is 0 Å². The van der Waals surface area contributed by atoms with E-state index < -0.39 is 188 Å². The van der Waals surface area contributed by atoms with E-state index in [9.17, 15) is 9.60 Å². The second-order valence-corrected chi connectivity index (χ2v) is 20.0. The number of hydrogen-bond donors (Lipinski definition) is 0. The number of aromatic nitrogens is 4. The molecule has 0 bridgehead atoms. The molecular formula is C74H64N4OPt-2. The Labute approximate surface area is 534 Å². The molecule has 5 nitrogen and oxygen atoms in total. The molecule has 80 heavy (non-hydrogen) atoms. The van der Waals surface area contributed by atoms with Crippen molar-refractivity contribution >= 4 is 32.8 Å². The first-order chi connectivity index (χ1) is 52.4. The van der Waals surface area contributed by atoms with Gasteiger partial charge in [0, 0.05) is 80.0 Å². The number of ether oxygens (including phenoxy) is 1. The molecule has 0 amide bonds. The summed E-state index contributed by atoms with van der Waals surface area (Å²) >= 11 is 0. The van der Waals surface area contributed by atoms with Gasteiger partial charge < -0.3 is 13.9 Å². The molecule has 398 valence electrons. The molecule has 9 aromatic carbocycles. The van der Waals surface area contributed by atoms with E-state index in [2.05, 4.69) is 23.4 Å². The van der Waals surface area contributed by atoms with Gasteiger partial charge in [0.25, 0.3) is 6.33 Å². The smallest absolute Gasteiger partial charge is 0.268 e. The van der Waals surface area contributed by atoms with E-state index in [-0.39, 0.29) is 94.1 Å². The quantitative estimate of drug-likeness (QED) is 0.107. The summed E-state index contributed by atoms with van der Waals surface area (Å²) in [7, 11) is 0. The topological polar surface area (TPSA) is 35.9 Å². The number of pyridine rings is 1. The molecule has 1 aliphatic rings. The summed E-state index contributed by atoms with van der Waals surface area (Å²) in [6.45, 7) is -18.4. The SMILES string of the molecule is [2H]c1c([2H])c([2H])c(-c2ccc3c(c2)n(-c2[c-]c(Oc4[c-]c5c(cc4)c4ccccc4n5-c4cc(C([2H])([2H])[2H])c(-c5c([2H])c([2H])c([2H])c([2H])c5[2H])cn4)ccc2)[c-][n+]3-c2c(-c3cccc(C(C)(C)C)c3)cc(C([2H])([2H])[2H])cc2-c2c([2H])c([2H])c3c(c2[2H])C(C([2H])([2H])[2H])(C([2H])([2H])[2H])C([2H])([2H])C([2H])([2H])C3(C([2H])([2H])[2H])C([2H])([2H])[2H])c([2H])c1[2H].[Pt]. The van der Waals surface area contributed by atoms with Crippen LogP contribution < -0.4 is 9.30 Å². The second kappa shape index (κ2) is 20.2. The molecule has 1 aliphatic carbocycles. The molecule has 0 fully saturated rings. The van der Waals surface area contributed by atoms with Crippen LogP contribution in [0.3, 0.4) is 0 Å². The van der Waals surface area contributed by atoms with E-state index >= 15 is 0 Å². The van der Waals surface area contributed by atoms with Crippen molar-refractivity contribution in [2.24, 2.45) is 0 Å². The molecule has 3 aromatic heterocycles. The van der Waals surface area contributed by atoms with Gasteiger partial charge in [0.15, 0.2) is 0 Å². The molecule has 0 aliphatic heterocycles. The van der Waals surface area contributed by atoms with Gasteiger partial charge in [-0.05, 0) is 133 Å². The van der Waals surface area contributed by atoms with Crippen LogP contribution in [0, 0.1) is 32.2 Å². The summed E-state index contributed by atoms with van der Waals surface area (Å²) < 4.78 is 327. The van der Waals surface area contributed by atoms with Crippen molar-refractivity contribution in [3.05, 3.63) is 246 Å². The number of imidazole rings is 1. The summed E-state index contributed by atoms with van der Waals surface area (Å²) in [6, 6.07) is 23.4. The third kappa shape index (κ3) is 9.39. The Morgan fingerprint density at radius 3 is 2.12 bits per heavy atom. The van der Waals surface area contributed by atoms with Crippen molar-refractivity contribution in [2.45, 2.75) is 90.9 Å². The number of para-hydroxylation sites is 1. The fraction of sp³-hybridized carbons (Fsp3) is 0.189. The van der Waals surface area contributed by atoms with Gasteiger partial charge in [0.1, 0.15) is 5.82 Å². The first-order valence-electron chi connectivity index (χ1n) is 42.2. The van der Waals surface area contributed by atoms with Crippen LogP contribution in [-0.2, 0) is 37.3 Å². The van der Waals surface area contributed by atoms with Gasteiger partial charge in [0.05, 0.1) is 34.5 Å². The zero-order valence-corrected chi connectivity index (χ0v) is 44.8. The van der Waals surface area contributed by atoms with E-state index in [0.29, 0.717) is 21.9 Å². The van der Waals surface area contributed by atoms with Gasteiger partial charge in [-0.1, -0.05) is 205 Å². The number of hydrogen-bond acceptors (Lipinski definition) is 2. The maximum atomic E-state index is 10.5. The molecule has 0 radical (unpaired) electrons. The fourth-order valence-corrected chi connectivity index (χ4v) is 9.93. The summed E-state index contributed by atoms with van der Waals surface area (Å²) in [6.07, 6.45) is -5.09. The van der Waals surface area contributed by atoms with E-state index in [1.807, 2.05) is 20.8 Å². The zero-order chi connectivity index (χ0) is 84.3. The Hall–Kier alpha value is -8.11. The van der Waals surface area contributed by atoms with Gasteiger partial charge in [-0.3, -0.25) is 4.57 Å². The van der Waals surface area contributed by atoms with E-state index in [1.54, 1.807) is 59.2 Å². The van der Waals surface area contributed by atoms with Crippen LogP contribution in [0.2, 0.25) is 0 Å². The van der Waals surface area contributed by atoms with Crippen LogP contribution >= 0.6 is 0 Å². The molecule has 0 saturated carbocycles. The standard InChI is InChI=1S/C74H64N4O.Pt/c1-48-38-61(53-24-18-25-55(41-53)72(3,4)5)71(62(39-48)54-30-34-64-65(42-54)74(8,9)37-36-73(64,6)7)77-47-76(69-43-52(31-35-67(69)77)50-20-12-10-13-21-50)56-26-19-27-57(44-56)79-58-32-33-60-59-28-16-17-29-66(59)78(68(60)45-58)70-40-49(2)63(46-75-70)51-22-14-11-15-23-51;/h10-35,38-43,46H,36-37H2,1-9H3;/q-2;/i1D3,2D3,6D3,7D3,8D3,9D3,10D,11D,12D,13D,14D,15D,20D,21D,22D,23D,30D,34D,36D2,37D2,42D;. The Bertz CT molecular complexity index is 5970. The number of aryl methyl sites for hydroxylation is 2. The molecular weight excluding hydrogens is 1160 g/mol. The first-order valence-corrected chi connectivity index (χ1v) is 24.7. The minimum Gasteiger partial charge on any atom is -0.510 e. The average Bonchev–Trinajstić information content (AvgIpc) is 0.999. The minimum atomic E-state index is -4.74. The van der Waals surface area contributed by atoms with Gasteiger partial charge in [-0.25, -0.2) is 4.98 Å². The van der Waals surface area contributed by atoms with E-state index in [1.165, 1.54) is 63.7 Å². The molecule has 0 spiro atoms. The van der Waals surface area contributed by atoms with Crippen LogP contribution in [0.5, 0.6) is 11.5 Å². The van der Waals surface area contributed by atoms with Crippen molar-refractivity contribution < 1.29 is 78.3 Å². The van der Waals surface area contributed by atoms with Gasteiger partial charge in [-0.2, -0.15) is 18.2 Å². The normalized spacial score (nSPS) is 22.4. The summed E-state index contributed by atoms with van der Waals surface area (Å²) in [5.74, 6) is -0.0964. The van der Waals surface area contributed by atoms with Gasteiger partial charge >= 0.3 is 0 Å². The second-order valence-electron chi connectivity index (χ2n) is 20.0.